The van der Waals surface area contributed by atoms with Gasteiger partial charge < -0.3 is 19.3 Å². The third-order valence-electron chi connectivity index (χ3n) is 6.68. The molecule has 2 bridgehead atoms. The molecule has 1 amide bonds. The van der Waals surface area contributed by atoms with Gasteiger partial charge in [-0.25, -0.2) is 4.79 Å². The minimum atomic E-state index is -0.109. The number of nitrogens with zero attached hydrogens (tertiary/aromatic N) is 3. The number of amides is 1. The Bertz CT molecular complexity index is 709. The van der Waals surface area contributed by atoms with Crippen molar-refractivity contribution in [3.8, 4) is 5.75 Å². The molecule has 0 aromatic heterocycles. The summed E-state index contributed by atoms with van der Waals surface area (Å²) in [7, 11) is 1.71. The second-order valence-corrected chi connectivity index (χ2v) is 8.87. The van der Waals surface area contributed by atoms with Crippen molar-refractivity contribution in [2.75, 3.05) is 51.3 Å². The van der Waals surface area contributed by atoms with Gasteiger partial charge >= 0.3 is 6.09 Å². The summed E-state index contributed by atoms with van der Waals surface area (Å²) in [6.07, 6.45) is 4.36. The number of piperazine rings is 1. The smallest absolute Gasteiger partial charge is 0.410 e. The third-order valence-corrected chi connectivity index (χ3v) is 6.91. The molecule has 7 heteroatoms. The van der Waals surface area contributed by atoms with Crippen molar-refractivity contribution >= 4 is 23.4 Å². The topological polar surface area (TPSA) is 45.2 Å². The van der Waals surface area contributed by atoms with Crippen LogP contribution in [0, 0.1) is 5.92 Å². The van der Waals surface area contributed by atoms with Crippen LogP contribution in [0.15, 0.2) is 18.2 Å². The Kier molecular flexibility index (Phi) is 6.40. The van der Waals surface area contributed by atoms with Gasteiger partial charge in [0.1, 0.15) is 5.75 Å². The highest BCUT2D eigenvalue weighted by Crippen LogP contribution is 2.39. The number of hydrogen-bond donors (Lipinski definition) is 0. The third kappa shape index (κ3) is 4.43. The number of carbonyl (C=O) groups is 1. The number of benzene rings is 1. The van der Waals surface area contributed by atoms with Crippen molar-refractivity contribution in [2.45, 2.75) is 44.7 Å². The first-order valence-corrected chi connectivity index (χ1v) is 11.2. The summed E-state index contributed by atoms with van der Waals surface area (Å²) in [6, 6.07) is 6.55. The number of carbonyl (C=O) groups excluding carboxylic acids is 1. The second-order valence-electron chi connectivity index (χ2n) is 8.43. The van der Waals surface area contributed by atoms with E-state index in [-0.39, 0.29) is 6.09 Å². The maximum atomic E-state index is 12.3. The first-order chi connectivity index (χ1) is 14.1. The second kappa shape index (κ2) is 9.00. The Hall–Kier alpha value is -1.66. The molecule has 29 heavy (non-hydrogen) atoms. The molecule has 3 heterocycles. The highest BCUT2D eigenvalue weighted by atomic mass is 35.5. The number of methoxy groups -OCH3 is 1. The van der Waals surface area contributed by atoms with Gasteiger partial charge in [0.15, 0.2) is 0 Å². The molecule has 3 saturated heterocycles. The predicted octanol–water partition coefficient (Wildman–Crippen LogP) is 3.87. The van der Waals surface area contributed by atoms with Crippen LogP contribution >= 0.6 is 11.6 Å². The SMILES string of the molecule is CCOC(=O)N1C2CCC1CC(CN1CCN(c3cc(Cl)ccc3OC)CC1)C2. The Morgan fingerprint density at radius 2 is 1.83 bits per heavy atom. The van der Waals surface area contributed by atoms with Gasteiger partial charge in [-0.15, -0.1) is 0 Å². The summed E-state index contributed by atoms with van der Waals surface area (Å²) < 4.78 is 10.8. The van der Waals surface area contributed by atoms with E-state index in [1.807, 2.05) is 30.0 Å². The zero-order valence-corrected chi connectivity index (χ0v) is 18.2. The maximum absolute atomic E-state index is 12.3. The molecule has 0 aliphatic carbocycles. The molecule has 1 aromatic carbocycles. The largest absolute Gasteiger partial charge is 0.495 e. The first-order valence-electron chi connectivity index (χ1n) is 10.8. The van der Waals surface area contributed by atoms with Gasteiger partial charge in [-0.1, -0.05) is 11.6 Å². The van der Waals surface area contributed by atoms with Crippen molar-refractivity contribution in [3.63, 3.8) is 0 Å². The number of fused-ring (bicyclic) bond motifs is 2. The highest BCUT2D eigenvalue weighted by molar-refractivity contribution is 6.30. The molecule has 0 radical (unpaired) electrons. The van der Waals surface area contributed by atoms with Crippen LogP contribution < -0.4 is 9.64 Å². The van der Waals surface area contributed by atoms with Crippen LogP contribution in [0.3, 0.4) is 0 Å². The Morgan fingerprint density at radius 3 is 2.45 bits per heavy atom. The molecule has 2 unspecified atom stereocenters. The lowest BCUT2D eigenvalue weighted by atomic mass is 9.90. The summed E-state index contributed by atoms with van der Waals surface area (Å²) in [5, 5.41) is 0.743. The van der Waals surface area contributed by atoms with E-state index in [4.69, 9.17) is 21.1 Å². The normalized spacial score (nSPS) is 27.2. The van der Waals surface area contributed by atoms with Crippen molar-refractivity contribution in [1.82, 2.24) is 9.80 Å². The number of halogens is 1. The summed E-state index contributed by atoms with van der Waals surface area (Å²) in [5.74, 6) is 1.55. The molecular weight excluding hydrogens is 390 g/mol. The van der Waals surface area contributed by atoms with E-state index in [1.54, 1.807) is 7.11 Å². The maximum Gasteiger partial charge on any atom is 0.410 e. The van der Waals surface area contributed by atoms with E-state index in [1.165, 1.54) is 0 Å². The van der Waals surface area contributed by atoms with E-state index in [0.717, 1.165) is 74.9 Å². The molecule has 4 rings (SSSR count). The molecule has 3 aliphatic heterocycles. The van der Waals surface area contributed by atoms with Crippen LogP contribution in [-0.2, 0) is 4.74 Å². The van der Waals surface area contributed by atoms with Crippen LogP contribution in [0.4, 0.5) is 10.5 Å². The van der Waals surface area contributed by atoms with Crippen LogP contribution in [0.5, 0.6) is 5.75 Å². The molecule has 6 nitrogen and oxygen atoms in total. The molecule has 160 valence electrons. The van der Waals surface area contributed by atoms with Crippen molar-refractivity contribution in [3.05, 3.63) is 23.2 Å². The van der Waals surface area contributed by atoms with Crippen molar-refractivity contribution in [1.29, 1.82) is 0 Å². The highest BCUT2D eigenvalue weighted by Gasteiger charge is 2.44. The molecule has 0 saturated carbocycles. The fourth-order valence-electron chi connectivity index (χ4n) is 5.38. The average molecular weight is 422 g/mol. The van der Waals surface area contributed by atoms with Crippen molar-refractivity contribution < 1.29 is 14.3 Å². The fourth-order valence-corrected chi connectivity index (χ4v) is 5.55. The summed E-state index contributed by atoms with van der Waals surface area (Å²) in [6.45, 7) is 7.51. The van der Waals surface area contributed by atoms with E-state index in [9.17, 15) is 4.79 Å². The van der Waals surface area contributed by atoms with Gasteiger partial charge in [-0.05, 0) is 56.7 Å². The van der Waals surface area contributed by atoms with E-state index >= 15 is 0 Å². The lowest BCUT2D eigenvalue weighted by Gasteiger charge is -2.42. The Balaban J connectivity index is 1.30. The average Bonchev–Trinajstić information content (AvgIpc) is 2.99. The number of rotatable bonds is 5. The predicted molar refractivity (Wildman–Crippen MR) is 115 cm³/mol. The molecule has 0 N–H and O–H groups in total. The van der Waals surface area contributed by atoms with E-state index < -0.39 is 0 Å². The van der Waals surface area contributed by atoms with Gasteiger partial charge in [0, 0.05) is 49.8 Å². The van der Waals surface area contributed by atoms with Gasteiger partial charge in [0.2, 0.25) is 0 Å². The first kappa shape index (κ1) is 20.6. The quantitative estimate of drug-likeness (QED) is 0.722. The molecule has 3 aliphatic rings. The van der Waals surface area contributed by atoms with Crippen LogP contribution in [0.25, 0.3) is 0 Å². The fraction of sp³-hybridized carbons (Fsp3) is 0.682. The minimum absolute atomic E-state index is 0.109. The lowest BCUT2D eigenvalue weighted by Crippen LogP contribution is -2.51. The summed E-state index contributed by atoms with van der Waals surface area (Å²) in [5.41, 5.74) is 1.08. The number of piperidine rings is 1. The summed E-state index contributed by atoms with van der Waals surface area (Å²) >= 11 is 6.21. The van der Waals surface area contributed by atoms with Crippen LogP contribution in [0.1, 0.15) is 32.6 Å². The standard InChI is InChI=1S/C22H32ClN3O3/c1-3-29-22(27)26-18-5-6-19(26)13-16(12-18)15-24-8-10-25(11-9-24)20-14-17(23)4-7-21(20)28-2/h4,7,14,16,18-19H,3,5-6,8-13,15H2,1-2H3. The summed E-state index contributed by atoms with van der Waals surface area (Å²) in [4.78, 5) is 19.3. The number of ether oxygens (including phenoxy) is 2. The van der Waals surface area contributed by atoms with E-state index in [2.05, 4.69) is 9.80 Å². The molecule has 2 atom stereocenters. The molecular formula is C22H32ClN3O3. The lowest BCUT2D eigenvalue weighted by molar-refractivity contribution is 0.0526. The zero-order valence-electron chi connectivity index (χ0n) is 17.5. The van der Waals surface area contributed by atoms with E-state index in [0.29, 0.717) is 24.6 Å². The number of hydrogen-bond acceptors (Lipinski definition) is 5. The molecule has 1 aromatic rings. The monoisotopic (exact) mass is 421 g/mol. The Labute approximate surface area is 178 Å². The Morgan fingerprint density at radius 1 is 1.14 bits per heavy atom. The van der Waals surface area contributed by atoms with Crippen molar-refractivity contribution in [2.24, 2.45) is 5.92 Å². The minimum Gasteiger partial charge on any atom is -0.495 e. The van der Waals surface area contributed by atoms with Gasteiger partial charge in [-0.2, -0.15) is 0 Å². The van der Waals surface area contributed by atoms with Gasteiger partial charge in [-0.3, -0.25) is 4.90 Å². The van der Waals surface area contributed by atoms with Crippen LogP contribution in [0.2, 0.25) is 5.02 Å². The van der Waals surface area contributed by atoms with Crippen LogP contribution in [-0.4, -0.2) is 74.4 Å². The molecule has 3 fully saturated rings. The number of anilines is 1. The molecule has 0 spiro atoms. The van der Waals surface area contributed by atoms with Gasteiger partial charge in [0.25, 0.3) is 0 Å². The zero-order chi connectivity index (χ0) is 20.4. The van der Waals surface area contributed by atoms with Gasteiger partial charge in [0.05, 0.1) is 19.4 Å².